The first-order chi connectivity index (χ1) is 9.47. The summed E-state index contributed by atoms with van der Waals surface area (Å²) in [6, 6.07) is 2.52. The van der Waals surface area contributed by atoms with E-state index in [1.165, 1.54) is 6.07 Å². The number of hydrogen-bond acceptors (Lipinski definition) is 4. The number of likely N-dealkylation sites (tertiary alicyclic amines) is 1. The zero-order valence-corrected chi connectivity index (χ0v) is 11.2. The second-order valence-corrected chi connectivity index (χ2v) is 4.91. The van der Waals surface area contributed by atoms with Gasteiger partial charge in [-0.25, -0.2) is 4.39 Å². The minimum atomic E-state index is -3.07. The van der Waals surface area contributed by atoms with Crippen molar-refractivity contribution >= 4 is 11.4 Å². The number of halogens is 3. The maximum absolute atomic E-state index is 13.4. The summed E-state index contributed by atoms with van der Waals surface area (Å²) in [5.41, 5.74) is 6.26. The molecule has 0 radical (unpaired) electrons. The zero-order chi connectivity index (χ0) is 14.7. The number of alkyl halides is 2. The number of ether oxygens (including phenoxy) is 1. The molecular formula is C13H18F3N3O. The molecule has 1 aliphatic heterocycles. The van der Waals surface area contributed by atoms with Crippen LogP contribution in [0.1, 0.15) is 12.8 Å². The molecule has 1 aromatic carbocycles. The van der Waals surface area contributed by atoms with Crippen LogP contribution in [0.5, 0.6) is 5.75 Å². The maximum atomic E-state index is 13.4. The maximum Gasteiger partial charge on any atom is 0.387 e. The first-order valence-corrected chi connectivity index (χ1v) is 6.45. The Morgan fingerprint density at radius 3 is 2.85 bits per heavy atom. The standard InChI is InChI=1S/C13H18F3N3O/c1-19-4-2-3-8(19)7-18-11-6-12(20-13(15)16)9(14)5-10(11)17/h5-6,8,13,18H,2-4,7,17H2,1H3. The first-order valence-electron chi connectivity index (χ1n) is 6.45. The van der Waals surface area contributed by atoms with E-state index in [1.54, 1.807) is 0 Å². The molecule has 20 heavy (non-hydrogen) atoms. The second kappa shape index (κ2) is 6.21. The molecule has 0 aromatic heterocycles. The number of nitrogens with one attached hydrogen (secondary N) is 1. The molecule has 1 atom stereocenters. The minimum absolute atomic E-state index is 0.171. The van der Waals surface area contributed by atoms with Gasteiger partial charge < -0.3 is 20.7 Å². The fraction of sp³-hybridized carbons (Fsp3) is 0.538. The topological polar surface area (TPSA) is 50.5 Å². The van der Waals surface area contributed by atoms with E-state index in [1.807, 2.05) is 7.05 Å². The van der Waals surface area contributed by atoms with Crippen LogP contribution >= 0.6 is 0 Å². The van der Waals surface area contributed by atoms with Crippen LogP contribution in [0.15, 0.2) is 12.1 Å². The van der Waals surface area contributed by atoms with Crippen molar-refractivity contribution in [1.29, 1.82) is 0 Å². The van der Waals surface area contributed by atoms with Crippen molar-refractivity contribution in [3.63, 3.8) is 0 Å². The minimum Gasteiger partial charge on any atom is -0.432 e. The van der Waals surface area contributed by atoms with Crippen LogP contribution in [0, 0.1) is 5.82 Å². The van der Waals surface area contributed by atoms with Gasteiger partial charge in [-0.1, -0.05) is 0 Å². The summed E-state index contributed by atoms with van der Waals surface area (Å²) in [4.78, 5) is 2.21. The van der Waals surface area contributed by atoms with Crippen molar-refractivity contribution < 1.29 is 17.9 Å². The van der Waals surface area contributed by atoms with E-state index in [4.69, 9.17) is 5.73 Å². The zero-order valence-electron chi connectivity index (χ0n) is 11.2. The Hall–Kier alpha value is -1.63. The van der Waals surface area contributed by atoms with E-state index in [0.717, 1.165) is 25.5 Å². The van der Waals surface area contributed by atoms with Gasteiger partial charge in [0.2, 0.25) is 0 Å². The van der Waals surface area contributed by atoms with Crippen molar-refractivity contribution in [3.05, 3.63) is 17.9 Å². The Morgan fingerprint density at radius 2 is 2.25 bits per heavy atom. The smallest absolute Gasteiger partial charge is 0.387 e. The van der Waals surface area contributed by atoms with E-state index in [9.17, 15) is 13.2 Å². The predicted octanol–water partition coefficient (Wildman–Crippen LogP) is 2.52. The van der Waals surface area contributed by atoms with Gasteiger partial charge in [-0.05, 0) is 26.4 Å². The molecule has 1 unspecified atom stereocenters. The van der Waals surface area contributed by atoms with Gasteiger partial charge in [-0.3, -0.25) is 0 Å². The Morgan fingerprint density at radius 1 is 1.50 bits per heavy atom. The fourth-order valence-electron chi connectivity index (χ4n) is 2.37. The van der Waals surface area contributed by atoms with Crippen molar-refractivity contribution in [2.24, 2.45) is 0 Å². The van der Waals surface area contributed by atoms with E-state index in [2.05, 4.69) is 15.0 Å². The summed E-state index contributed by atoms with van der Waals surface area (Å²) < 4.78 is 41.9. The van der Waals surface area contributed by atoms with Gasteiger partial charge >= 0.3 is 6.61 Å². The van der Waals surface area contributed by atoms with Crippen LogP contribution < -0.4 is 15.8 Å². The Labute approximate surface area is 115 Å². The van der Waals surface area contributed by atoms with Crippen LogP contribution in [-0.2, 0) is 0 Å². The Kier molecular flexibility index (Phi) is 4.59. The third-order valence-corrected chi connectivity index (χ3v) is 3.52. The normalized spacial score (nSPS) is 19.6. The van der Waals surface area contributed by atoms with E-state index in [-0.39, 0.29) is 5.69 Å². The van der Waals surface area contributed by atoms with Gasteiger partial charge in [0, 0.05) is 24.7 Å². The number of hydrogen-bond donors (Lipinski definition) is 2. The van der Waals surface area contributed by atoms with Crippen molar-refractivity contribution in [2.45, 2.75) is 25.5 Å². The molecule has 0 bridgehead atoms. The molecule has 0 spiro atoms. The summed E-state index contributed by atoms with van der Waals surface area (Å²) >= 11 is 0. The molecule has 7 heteroatoms. The van der Waals surface area contributed by atoms with E-state index < -0.39 is 18.2 Å². The van der Waals surface area contributed by atoms with Crippen LogP contribution in [0.4, 0.5) is 24.5 Å². The molecule has 4 nitrogen and oxygen atoms in total. The van der Waals surface area contributed by atoms with E-state index >= 15 is 0 Å². The molecule has 1 fully saturated rings. The molecule has 1 aromatic rings. The van der Waals surface area contributed by atoms with E-state index in [0.29, 0.717) is 18.3 Å². The van der Waals surface area contributed by atoms with Crippen LogP contribution in [-0.4, -0.2) is 37.7 Å². The summed E-state index contributed by atoms with van der Waals surface area (Å²) in [6.07, 6.45) is 2.19. The SMILES string of the molecule is CN1CCCC1CNc1cc(OC(F)F)c(F)cc1N. The third kappa shape index (κ3) is 3.47. The molecule has 2 rings (SSSR count). The number of benzene rings is 1. The van der Waals surface area contributed by atoms with Crippen LogP contribution in [0.25, 0.3) is 0 Å². The van der Waals surface area contributed by atoms with Crippen molar-refractivity contribution in [1.82, 2.24) is 4.90 Å². The van der Waals surface area contributed by atoms with Crippen molar-refractivity contribution in [2.75, 3.05) is 31.2 Å². The lowest BCUT2D eigenvalue weighted by molar-refractivity contribution is -0.0521. The molecule has 1 heterocycles. The monoisotopic (exact) mass is 289 g/mol. The van der Waals surface area contributed by atoms with Crippen molar-refractivity contribution in [3.8, 4) is 5.75 Å². The molecule has 112 valence electrons. The lowest BCUT2D eigenvalue weighted by Crippen LogP contribution is -2.31. The highest BCUT2D eigenvalue weighted by Gasteiger charge is 2.21. The number of anilines is 2. The third-order valence-electron chi connectivity index (χ3n) is 3.52. The predicted molar refractivity (Wildman–Crippen MR) is 71.6 cm³/mol. The summed E-state index contributed by atoms with van der Waals surface area (Å²) in [5, 5.41) is 3.07. The first kappa shape index (κ1) is 14.8. The summed E-state index contributed by atoms with van der Waals surface area (Å²) in [6.45, 7) is -1.41. The van der Waals surface area contributed by atoms with Gasteiger partial charge in [-0.2, -0.15) is 8.78 Å². The number of rotatable bonds is 5. The van der Waals surface area contributed by atoms with Crippen LogP contribution in [0.2, 0.25) is 0 Å². The Balaban J connectivity index is 2.06. The van der Waals surface area contributed by atoms with Gasteiger partial charge in [0.15, 0.2) is 11.6 Å². The highest BCUT2D eigenvalue weighted by atomic mass is 19.3. The number of nitrogen functional groups attached to an aromatic ring is 1. The fourth-order valence-corrected chi connectivity index (χ4v) is 2.37. The molecule has 3 N–H and O–H groups in total. The largest absolute Gasteiger partial charge is 0.432 e. The highest BCUT2D eigenvalue weighted by molar-refractivity contribution is 5.68. The quantitative estimate of drug-likeness (QED) is 0.818. The number of nitrogens with zero attached hydrogens (tertiary/aromatic N) is 1. The lowest BCUT2D eigenvalue weighted by Gasteiger charge is -2.21. The molecular weight excluding hydrogens is 271 g/mol. The highest BCUT2D eigenvalue weighted by Crippen LogP contribution is 2.29. The van der Waals surface area contributed by atoms with Gasteiger partial charge in [0.25, 0.3) is 0 Å². The summed E-state index contributed by atoms with van der Waals surface area (Å²) in [5.74, 6) is -1.40. The average Bonchev–Trinajstić information content (AvgIpc) is 2.76. The number of likely N-dealkylation sites (N-methyl/N-ethyl adjacent to an activating group) is 1. The molecule has 0 aliphatic carbocycles. The molecule has 1 aliphatic rings. The summed E-state index contributed by atoms with van der Waals surface area (Å²) in [7, 11) is 2.03. The van der Waals surface area contributed by atoms with Gasteiger partial charge in [-0.15, -0.1) is 0 Å². The van der Waals surface area contributed by atoms with Gasteiger partial charge in [0.1, 0.15) is 0 Å². The average molecular weight is 289 g/mol. The van der Waals surface area contributed by atoms with Crippen LogP contribution in [0.3, 0.4) is 0 Å². The van der Waals surface area contributed by atoms with Gasteiger partial charge in [0.05, 0.1) is 11.4 Å². The number of nitrogens with two attached hydrogens (primary N) is 1. The molecule has 1 saturated heterocycles. The molecule has 0 saturated carbocycles. The molecule has 0 amide bonds. The lowest BCUT2D eigenvalue weighted by atomic mass is 10.2. The second-order valence-electron chi connectivity index (χ2n) is 4.91. The Bertz CT molecular complexity index is 470.